The van der Waals surface area contributed by atoms with Crippen LogP contribution in [-0.2, 0) is 24.9 Å². The molecule has 10 nitrogen and oxygen atoms in total. The molecule has 0 spiro atoms. The lowest BCUT2D eigenvalue weighted by Gasteiger charge is -2.34. The molecule has 4 heterocycles. The molecule has 0 amide bonds. The van der Waals surface area contributed by atoms with Crippen molar-refractivity contribution in [2.45, 2.75) is 63.9 Å². The number of ether oxygens (including phenoxy) is 1. The summed E-state index contributed by atoms with van der Waals surface area (Å²) in [6.45, 7) is 3.68. The van der Waals surface area contributed by atoms with Crippen molar-refractivity contribution < 1.29 is 23.4 Å². The van der Waals surface area contributed by atoms with Crippen LogP contribution < -0.4 is 9.64 Å². The van der Waals surface area contributed by atoms with Gasteiger partial charge >= 0.3 is 12.0 Å². The number of carboxylic acid groups (broad SMARTS) is 1. The minimum Gasteiger partial charge on any atom is -0.481 e. The van der Waals surface area contributed by atoms with Crippen LogP contribution >= 0.6 is 0 Å². The molecule has 0 aromatic carbocycles. The topological polar surface area (TPSA) is 119 Å². The molecule has 1 aliphatic heterocycles. The maximum atomic E-state index is 13.3. The van der Waals surface area contributed by atoms with E-state index in [1.165, 1.54) is 6.20 Å². The average molecular weight is 528 g/mol. The van der Waals surface area contributed by atoms with Gasteiger partial charge in [-0.05, 0) is 43.4 Å². The summed E-state index contributed by atoms with van der Waals surface area (Å²) in [4.78, 5) is 26.8. The number of piperidine rings is 1. The third-order valence-electron chi connectivity index (χ3n) is 7.29. The molecule has 202 valence electrons. The van der Waals surface area contributed by atoms with Gasteiger partial charge < -0.3 is 14.7 Å². The van der Waals surface area contributed by atoms with E-state index in [9.17, 15) is 18.7 Å². The molecule has 1 saturated carbocycles. The fourth-order valence-corrected chi connectivity index (χ4v) is 5.26. The number of halogens is 2. The number of alkyl halides is 2. The second-order valence-electron chi connectivity index (χ2n) is 10.1. The molecule has 1 unspecified atom stereocenters. The summed E-state index contributed by atoms with van der Waals surface area (Å²) >= 11 is 0. The molecule has 1 saturated heterocycles. The number of hydrogen-bond acceptors (Lipinski definition) is 8. The minimum atomic E-state index is -2.63. The van der Waals surface area contributed by atoms with Gasteiger partial charge in [0.15, 0.2) is 0 Å². The van der Waals surface area contributed by atoms with Crippen LogP contribution in [0.3, 0.4) is 0 Å². The van der Waals surface area contributed by atoms with Crippen LogP contribution in [0.1, 0.15) is 62.0 Å². The molecule has 0 radical (unpaired) electrons. The van der Waals surface area contributed by atoms with Gasteiger partial charge in [0, 0.05) is 51.5 Å². The number of pyridine rings is 1. The maximum absolute atomic E-state index is 13.3. The quantitative estimate of drug-likeness (QED) is 0.440. The third kappa shape index (κ3) is 5.58. The predicted molar refractivity (Wildman–Crippen MR) is 134 cm³/mol. The lowest BCUT2D eigenvalue weighted by Crippen LogP contribution is -2.37. The zero-order valence-corrected chi connectivity index (χ0v) is 21.5. The standard InChI is InChI=1S/C26H31F2N7O3/c1-3-18-21(35-10-4-5-16(14-35)11-23(36)37)7-6-20(30-18)24-22(34(2)33-32-24)15-38-25-29-9-8-19(31-25)17-12-26(27,28)13-17/h6-9,16-17H,3-5,10-15H2,1-2H3,(H,36,37). The fraction of sp³-hybridized carbons (Fsp3) is 0.538. The first-order valence-corrected chi connectivity index (χ1v) is 12.9. The molecule has 1 aliphatic carbocycles. The predicted octanol–water partition coefficient (Wildman–Crippen LogP) is 4.01. The number of carbonyl (C=O) groups is 1. The van der Waals surface area contributed by atoms with E-state index in [2.05, 4.69) is 25.2 Å². The first kappa shape index (κ1) is 25.9. The van der Waals surface area contributed by atoms with Crippen LogP contribution in [0.4, 0.5) is 14.5 Å². The van der Waals surface area contributed by atoms with Crippen molar-refractivity contribution in [1.82, 2.24) is 29.9 Å². The summed E-state index contributed by atoms with van der Waals surface area (Å²) in [6, 6.07) is 5.68. The number of nitrogens with zero attached hydrogens (tertiary/aromatic N) is 7. The fourth-order valence-electron chi connectivity index (χ4n) is 5.26. The number of rotatable bonds is 9. The van der Waals surface area contributed by atoms with Crippen molar-refractivity contribution in [2.24, 2.45) is 13.0 Å². The van der Waals surface area contributed by atoms with Gasteiger partial charge in [0.25, 0.3) is 0 Å². The van der Waals surface area contributed by atoms with Gasteiger partial charge in [-0.1, -0.05) is 12.1 Å². The van der Waals surface area contributed by atoms with Crippen molar-refractivity contribution in [1.29, 1.82) is 0 Å². The van der Waals surface area contributed by atoms with E-state index in [0.29, 0.717) is 35.7 Å². The van der Waals surface area contributed by atoms with E-state index in [1.807, 2.05) is 19.1 Å². The van der Waals surface area contributed by atoms with Crippen LogP contribution in [0.2, 0.25) is 0 Å². The number of aliphatic carboxylic acids is 1. The monoisotopic (exact) mass is 527 g/mol. The summed E-state index contributed by atoms with van der Waals surface area (Å²) < 4.78 is 34.0. The number of hydrogen-bond donors (Lipinski definition) is 1. The molecule has 3 aromatic heterocycles. The van der Waals surface area contributed by atoms with Crippen LogP contribution in [0.25, 0.3) is 11.4 Å². The van der Waals surface area contributed by atoms with E-state index in [1.54, 1.807) is 17.8 Å². The maximum Gasteiger partial charge on any atom is 0.316 e. The van der Waals surface area contributed by atoms with Crippen molar-refractivity contribution in [2.75, 3.05) is 18.0 Å². The molecule has 12 heteroatoms. The molecule has 1 atom stereocenters. The number of aryl methyl sites for hydroxylation is 2. The molecular formula is C26H31F2N7O3. The zero-order valence-electron chi connectivity index (χ0n) is 21.5. The smallest absolute Gasteiger partial charge is 0.316 e. The van der Waals surface area contributed by atoms with Gasteiger partial charge in [0.2, 0.25) is 5.92 Å². The van der Waals surface area contributed by atoms with Crippen molar-refractivity contribution in [3.63, 3.8) is 0 Å². The zero-order chi connectivity index (χ0) is 26.9. The molecule has 3 aromatic rings. The summed E-state index contributed by atoms with van der Waals surface area (Å²) in [5.74, 6) is -3.56. The Morgan fingerprint density at radius 3 is 2.79 bits per heavy atom. The second kappa shape index (κ2) is 10.6. The number of anilines is 1. The highest BCUT2D eigenvalue weighted by Gasteiger charge is 2.46. The largest absolute Gasteiger partial charge is 0.481 e. The van der Waals surface area contributed by atoms with Gasteiger partial charge in [-0.3, -0.25) is 4.79 Å². The van der Waals surface area contributed by atoms with Gasteiger partial charge in [-0.2, -0.15) is 4.98 Å². The van der Waals surface area contributed by atoms with Gasteiger partial charge in [0.1, 0.15) is 18.0 Å². The Hall–Kier alpha value is -3.70. The van der Waals surface area contributed by atoms with E-state index < -0.39 is 11.9 Å². The van der Waals surface area contributed by atoms with Crippen LogP contribution in [0, 0.1) is 5.92 Å². The molecule has 0 bridgehead atoms. The Bertz CT molecular complexity index is 1310. The lowest BCUT2D eigenvalue weighted by atomic mass is 9.79. The number of carboxylic acids is 1. The highest BCUT2D eigenvalue weighted by Crippen LogP contribution is 2.47. The molecule has 2 fully saturated rings. The van der Waals surface area contributed by atoms with Gasteiger partial charge in [0.05, 0.1) is 22.8 Å². The number of aromatic nitrogens is 6. The molecule has 2 aliphatic rings. The molecule has 38 heavy (non-hydrogen) atoms. The minimum absolute atomic E-state index is 0.0804. The Morgan fingerprint density at radius 2 is 2.05 bits per heavy atom. The van der Waals surface area contributed by atoms with Crippen molar-refractivity contribution >= 4 is 11.7 Å². The van der Waals surface area contributed by atoms with E-state index in [0.717, 1.165) is 30.8 Å². The van der Waals surface area contributed by atoms with Crippen molar-refractivity contribution in [3.05, 3.63) is 41.5 Å². The highest BCUT2D eigenvalue weighted by molar-refractivity contribution is 5.67. The summed E-state index contributed by atoms with van der Waals surface area (Å²) in [5, 5.41) is 17.7. The lowest BCUT2D eigenvalue weighted by molar-refractivity contribution is -0.138. The normalized spacial score (nSPS) is 19.3. The van der Waals surface area contributed by atoms with Gasteiger partial charge in [-0.25, -0.2) is 23.4 Å². The van der Waals surface area contributed by atoms with E-state index in [-0.39, 0.29) is 43.7 Å². The van der Waals surface area contributed by atoms with Crippen LogP contribution in [0.15, 0.2) is 24.4 Å². The Morgan fingerprint density at radius 1 is 1.24 bits per heavy atom. The van der Waals surface area contributed by atoms with Gasteiger partial charge in [-0.15, -0.1) is 5.10 Å². The van der Waals surface area contributed by atoms with Crippen LogP contribution in [0.5, 0.6) is 6.01 Å². The third-order valence-corrected chi connectivity index (χ3v) is 7.29. The summed E-state index contributed by atoms with van der Waals surface area (Å²) in [7, 11) is 1.76. The highest BCUT2D eigenvalue weighted by atomic mass is 19.3. The molecular weight excluding hydrogens is 496 g/mol. The van der Waals surface area contributed by atoms with E-state index in [4.69, 9.17) is 9.72 Å². The second-order valence-corrected chi connectivity index (χ2v) is 10.1. The summed E-state index contributed by atoms with van der Waals surface area (Å²) in [6.07, 6.45) is 3.84. The Kier molecular flexibility index (Phi) is 7.22. The summed E-state index contributed by atoms with van der Waals surface area (Å²) in [5.41, 5.74) is 4.38. The Balaban J connectivity index is 1.32. The first-order valence-electron chi connectivity index (χ1n) is 12.9. The molecule has 1 N–H and O–H groups in total. The van der Waals surface area contributed by atoms with E-state index >= 15 is 0 Å². The van der Waals surface area contributed by atoms with Crippen molar-refractivity contribution in [3.8, 4) is 17.4 Å². The van der Waals surface area contributed by atoms with Crippen LogP contribution in [-0.4, -0.2) is 60.0 Å². The first-order chi connectivity index (χ1) is 18.2. The Labute approximate surface area is 219 Å². The average Bonchev–Trinajstić information content (AvgIpc) is 3.25. The molecule has 5 rings (SSSR count). The SMILES string of the molecule is CCc1nc(-c2nnn(C)c2COc2nccc(C3CC(F)(F)C3)n2)ccc1N1CCCC(CC(=O)O)C1.